The molecule has 0 bridgehead atoms. The number of hydrogen-bond donors (Lipinski definition) is 0. The first-order chi connectivity index (χ1) is 20.0. The number of carbonyl (C=O) groups is 1. The summed E-state index contributed by atoms with van der Waals surface area (Å²) in [4.78, 5) is 30.7. The number of nitrogens with zero attached hydrogens (tertiary/aromatic N) is 7. The first-order valence-electron chi connectivity index (χ1n) is 14.1. The Labute approximate surface area is 243 Å². The Morgan fingerprint density at radius 3 is 2.90 bits per heavy atom. The van der Waals surface area contributed by atoms with Gasteiger partial charge in [-0.3, -0.25) is 4.79 Å². The zero-order valence-electron chi connectivity index (χ0n) is 23.3. The number of hydrogen-bond acceptors (Lipinski definition) is 9. The predicted octanol–water partition coefficient (Wildman–Crippen LogP) is 3.98. The number of thiophene rings is 1. The summed E-state index contributed by atoms with van der Waals surface area (Å²) in [7, 11) is 2.11. The minimum Gasteiger partial charge on any atom is -0.462 e. The highest BCUT2D eigenvalue weighted by Crippen LogP contribution is 2.37. The van der Waals surface area contributed by atoms with Crippen LogP contribution >= 0.6 is 11.3 Å². The van der Waals surface area contributed by atoms with Crippen LogP contribution in [0.3, 0.4) is 0 Å². The van der Waals surface area contributed by atoms with Gasteiger partial charge in [0.25, 0.3) is 0 Å². The van der Waals surface area contributed by atoms with Gasteiger partial charge in [0, 0.05) is 53.6 Å². The quantitative estimate of drug-likeness (QED) is 0.391. The Morgan fingerprint density at radius 2 is 2.12 bits per heavy atom. The number of nitriles is 1. The molecule has 0 aliphatic carbocycles. The highest BCUT2D eigenvalue weighted by Gasteiger charge is 2.34. The monoisotopic (exact) mass is 575 g/mol. The summed E-state index contributed by atoms with van der Waals surface area (Å²) in [6.45, 7) is 7.95. The van der Waals surface area contributed by atoms with Crippen LogP contribution in [0.2, 0.25) is 0 Å². The molecular formula is C30H34FN7O2S. The fourth-order valence-corrected chi connectivity index (χ4v) is 7.14. The van der Waals surface area contributed by atoms with E-state index in [4.69, 9.17) is 14.7 Å². The van der Waals surface area contributed by atoms with E-state index in [2.05, 4.69) is 34.4 Å². The number of aromatic nitrogens is 2. The molecule has 1 amide bonds. The van der Waals surface area contributed by atoms with Crippen LogP contribution in [0.5, 0.6) is 6.01 Å². The number of likely N-dealkylation sites (tertiary alicyclic amines) is 1. The lowest BCUT2D eigenvalue weighted by atomic mass is 10.0. The van der Waals surface area contributed by atoms with Crippen LogP contribution in [0.4, 0.5) is 15.9 Å². The van der Waals surface area contributed by atoms with Crippen molar-refractivity contribution in [1.29, 1.82) is 5.26 Å². The van der Waals surface area contributed by atoms with E-state index in [1.165, 1.54) is 17.4 Å². The minimum absolute atomic E-state index is 0.162. The van der Waals surface area contributed by atoms with Gasteiger partial charge in [-0.2, -0.15) is 15.2 Å². The molecule has 0 N–H and O–H groups in total. The molecule has 0 radical (unpaired) electrons. The van der Waals surface area contributed by atoms with Crippen molar-refractivity contribution in [2.75, 3.05) is 56.2 Å². The lowest BCUT2D eigenvalue weighted by Gasteiger charge is -2.42. The van der Waals surface area contributed by atoms with Crippen molar-refractivity contribution in [3.05, 3.63) is 53.3 Å². The third kappa shape index (κ3) is 5.34. The number of anilines is 2. The van der Waals surface area contributed by atoms with Gasteiger partial charge >= 0.3 is 6.01 Å². The molecule has 1 aromatic carbocycles. The fraction of sp³-hybridized carbons (Fsp3) is 0.467. The number of rotatable bonds is 7. The van der Waals surface area contributed by atoms with Crippen molar-refractivity contribution >= 4 is 38.8 Å². The molecule has 41 heavy (non-hydrogen) atoms. The van der Waals surface area contributed by atoms with E-state index in [-0.39, 0.29) is 24.2 Å². The van der Waals surface area contributed by atoms with Crippen molar-refractivity contribution < 1.29 is 13.9 Å². The number of likely N-dealkylation sites (N-methyl/N-ethyl adjacent to an activating group) is 1. The van der Waals surface area contributed by atoms with Crippen LogP contribution in [0.15, 0.2) is 36.2 Å². The third-order valence-electron chi connectivity index (χ3n) is 8.54. The van der Waals surface area contributed by atoms with Gasteiger partial charge in [0.15, 0.2) is 0 Å². The van der Waals surface area contributed by atoms with Crippen LogP contribution in [0.25, 0.3) is 10.1 Å². The van der Waals surface area contributed by atoms with E-state index in [1.807, 2.05) is 18.2 Å². The summed E-state index contributed by atoms with van der Waals surface area (Å²) in [5, 5.41) is 11.7. The third-order valence-corrected chi connectivity index (χ3v) is 9.46. The molecule has 3 aliphatic heterocycles. The molecule has 3 aliphatic rings. The lowest BCUT2D eigenvalue weighted by Crippen LogP contribution is -2.55. The first-order valence-corrected chi connectivity index (χ1v) is 15.0. The van der Waals surface area contributed by atoms with Crippen LogP contribution in [0, 0.1) is 17.1 Å². The zero-order valence-corrected chi connectivity index (χ0v) is 24.1. The molecule has 2 aromatic heterocycles. The summed E-state index contributed by atoms with van der Waals surface area (Å²) in [5.74, 6) is 0.442. The minimum atomic E-state index is -0.263. The Kier molecular flexibility index (Phi) is 7.77. The van der Waals surface area contributed by atoms with Crippen LogP contribution < -0.4 is 14.5 Å². The van der Waals surface area contributed by atoms with Crippen molar-refractivity contribution in [2.45, 2.75) is 44.3 Å². The fourth-order valence-electron chi connectivity index (χ4n) is 6.31. The highest BCUT2D eigenvalue weighted by atomic mass is 32.1. The number of fused-ring (bicyclic) bond motifs is 2. The van der Waals surface area contributed by atoms with E-state index in [1.54, 1.807) is 10.3 Å². The van der Waals surface area contributed by atoms with E-state index in [0.717, 1.165) is 46.8 Å². The normalized spacial score (nSPS) is 21.1. The van der Waals surface area contributed by atoms with Crippen molar-refractivity contribution in [1.82, 2.24) is 19.8 Å². The summed E-state index contributed by atoms with van der Waals surface area (Å²) in [6, 6.07) is 8.52. The molecule has 9 nitrogen and oxygen atoms in total. The largest absolute Gasteiger partial charge is 0.462 e. The summed E-state index contributed by atoms with van der Waals surface area (Å²) in [5.41, 5.74) is 2.78. The number of benzene rings is 1. The van der Waals surface area contributed by atoms with Crippen LogP contribution in [-0.4, -0.2) is 84.1 Å². The van der Waals surface area contributed by atoms with E-state index in [0.29, 0.717) is 63.2 Å². The maximum Gasteiger partial charge on any atom is 0.318 e. The number of carbonyl (C=O) groups excluding carboxylic acids is 1. The Balaban J connectivity index is 1.33. The topological polar surface area (TPSA) is 88.8 Å². The van der Waals surface area contributed by atoms with Gasteiger partial charge < -0.3 is 24.3 Å². The molecule has 11 heteroatoms. The van der Waals surface area contributed by atoms with Crippen LogP contribution in [0.1, 0.15) is 30.5 Å². The Bertz CT molecular complexity index is 1500. The average Bonchev–Trinajstić information content (AvgIpc) is 3.59. The van der Waals surface area contributed by atoms with Gasteiger partial charge in [-0.15, -0.1) is 11.3 Å². The molecule has 2 fully saturated rings. The molecule has 5 heterocycles. The zero-order chi connectivity index (χ0) is 28.5. The molecule has 0 unspecified atom stereocenters. The number of amides is 1. The molecule has 6 rings (SSSR count). The van der Waals surface area contributed by atoms with Gasteiger partial charge in [-0.05, 0) is 51.1 Å². The van der Waals surface area contributed by atoms with E-state index in [9.17, 15) is 14.4 Å². The Hall–Kier alpha value is -3.75. The molecule has 0 spiro atoms. The number of halogens is 1. The van der Waals surface area contributed by atoms with Gasteiger partial charge in [0.1, 0.15) is 18.2 Å². The standard InChI is InChI=1S/C30H34FN7O2S/c1-3-27(39)38-15-14-37(16-20(38)9-11-32)29-22-10-13-36(25-7-4-8-26-28(25)23(31)19-41-26)17-24(22)33-30(34-29)40-18-21-6-5-12-35(21)2/h3-4,7-8,19-21H,1,5-6,9-10,12-18H2,2H3/t20-,21-/m0/s1. The second-order valence-corrected chi connectivity index (χ2v) is 11.9. The van der Waals surface area contributed by atoms with Gasteiger partial charge in [0.05, 0.1) is 36.2 Å². The summed E-state index contributed by atoms with van der Waals surface area (Å²) in [6.07, 6.45) is 4.45. The highest BCUT2D eigenvalue weighted by molar-refractivity contribution is 7.17. The average molecular weight is 576 g/mol. The first kappa shape index (κ1) is 27.4. The second kappa shape index (κ2) is 11.6. The molecule has 2 saturated heterocycles. The van der Waals surface area contributed by atoms with E-state index < -0.39 is 0 Å². The molecule has 3 aromatic rings. The maximum atomic E-state index is 14.8. The van der Waals surface area contributed by atoms with Crippen LogP contribution in [-0.2, 0) is 17.8 Å². The predicted molar refractivity (Wildman–Crippen MR) is 158 cm³/mol. The van der Waals surface area contributed by atoms with Crippen molar-refractivity contribution in [3.63, 3.8) is 0 Å². The SMILES string of the molecule is C=CC(=O)N1CCN(c2nc(OC[C@@H]3CCCN3C)nc3c2CCN(c2cccc4scc(F)c24)C3)C[C@@H]1CC#N. The number of ether oxygens (including phenoxy) is 1. The maximum absolute atomic E-state index is 14.8. The Morgan fingerprint density at radius 1 is 1.24 bits per heavy atom. The summed E-state index contributed by atoms with van der Waals surface area (Å²) < 4.78 is 21.9. The van der Waals surface area contributed by atoms with Gasteiger partial charge in [-0.1, -0.05) is 12.6 Å². The van der Waals surface area contributed by atoms with Gasteiger partial charge in [0.2, 0.25) is 5.91 Å². The van der Waals surface area contributed by atoms with Crippen molar-refractivity contribution in [2.24, 2.45) is 0 Å². The van der Waals surface area contributed by atoms with Crippen molar-refractivity contribution in [3.8, 4) is 12.1 Å². The lowest BCUT2D eigenvalue weighted by molar-refractivity contribution is -0.128. The van der Waals surface area contributed by atoms with E-state index >= 15 is 0 Å². The molecule has 0 saturated carbocycles. The van der Waals surface area contributed by atoms with Gasteiger partial charge in [-0.25, -0.2) is 4.39 Å². The second-order valence-electron chi connectivity index (χ2n) is 10.9. The smallest absolute Gasteiger partial charge is 0.318 e. The molecular weight excluding hydrogens is 541 g/mol. The number of piperazine rings is 1. The molecule has 2 atom stereocenters. The summed E-state index contributed by atoms with van der Waals surface area (Å²) >= 11 is 1.41. The molecule has 214 valence electrons.